The maximum Gasteiger partial charge on any atom is 0.490 e. The lowest BCUT2D eigenvalue weighted by atomic mass is 9.85. The predicted octanol–water partition coefficient (Wildman–Crippen LogP) is 2.78. The minimum atomic E-state index is -5.08. The summed E-state index contributed by atoms with van der Waals surface area (Å²) in [6.45, 7) is 2.64. The summed E-state index contributed by atoms with van der Waals surface area (Å²) in [7, 11) is -3.34. The third-order valence-electron chi connectivity index (χ3n) is 5.37. The average Bonchev–Trinajstić information content (AvgIpc) is 3.24. The first-order valence-electron chi connectivity index (χ1n) is 9.52. The van der Waals surface area contributed by atoms with Gasteiger partial charge in [0.1, 0.15) is 5.82 Å². The van der Waals surface area contributed by atoms with E-state index in [-0.39, 0.29) is 11.2 Å². The summed E-state index contributed by atoms with van der Waals surface area (Å²) >= 11 is 0. The van der Waals surface area contributed by atoms with E-state index < -0.39 is 22.2 Å². The number of hydrogen-bond acceptors (Lipinski definition) is 5. The second kappa shape index (κ2) is 8.66. The van der Waals surface area contributed by atoms with Crippen molar-refractivity contribution in [3.05, 3.63) is 59.7 Å². The number of likely N-dealkylation sites (tertiary alicyclic amines) is 1. The van der Waals surface area contributed by atoms with E-state index in [4.69, 9.17) is 9.90 Å². The van der Waals surface area contributed by atoms with Gasteiger partial charge in [-0.25, -0.2) is 17.6 Å². The Labute approximate surface area is 182 Å². The number of pyridine rings is 1. The molecule has 0 amide bonds. The summed E-state index contributed by atoms with van der Waals surface area (Å²) < 4.78 is 71.0. The third-order valence-corrected chi connectivity index (χ3v) is 6.50. The van der Waals surface area contributed by atoms with Gasteiger partial charge in [-0.3, -0.25) is 14.2 Å². The molecule has 0 bridgehead atoms. The summed E-state index contributed by atoms with van der Waals surface area (Å²) in [5.41, 5.74) is 2.20. The van der Waals surface area contributed by atoms with E-state index in [2.05, 4.69) is 9.88 Å². The lowest BCUT2D eigenvalue weighted by molar-refractivity contribution is -0.192. The maximum atomic E-state index is 13.4. The number of halogens is 4. The first-order valence-corrected chi connectivity index (χ1v) is 11.4. The van der Waals surface area contributed by atoms with Crippen LogP contribution in [0.25, 0.3) is 0 Å². The van der Waals surface area contributed by atoms with Crippen LogP contribution in [0.1, 0.15) is 17.7 Å². The molecular formula is C20H21F4N3O4S. The SMILES string of the molecule is CS(=O)(=O)N1CC2(CCN(Cc3cccc(F)c3)C2)c2ncccc21.O=C(O)C(F)(F)F. The summed E-state index contributed by atoms with van der Waals surface area (Å²) in [4.78, 5) is 15.7. The van der Waals surface area contributed by atoms with Crippen molar-refractivity contribution in [3.8, 4) is 0 Å². The smallest absolute Gasteiger partial charge is 0.475 e. The number of nitrogens with zero attached hydrogens (tertiary/aromatic N) is 3. The number of aliphatic carboxylic acids is 1. The van der Waals surface area contributed by atoms with Gasteiger partial charge < -0.3 is 5.11 Å². The second-order valence-corrected chi connectivity index (χ2v) is 9.72. The van der Waals surface area contributed by atoms with Crippen LogP contribution in [-0.4, -0.2) is 61.4 Å². The molecule has 1 N–H and O–H groups in total. The molecule has 4 rings (SSSR count). The van der Waals surface area contributed by atoms with Crippen molar-refractivity contribution >= 4 is 21.7 Å². The summed E-state index contributed by atoms with van der Waals surface area (Å²) in [5.74, 6) is -2.99. The van der Waals surface area contributed by atoms with Crippen LogP contribution < -0.4 is 4.31 Å². The average molecular weight is 475 g/mol. The quantitative estimate of drug-likeness (QED) is 0.687. The Morgan fingerprint density at radius 1 is 1.22 bits per heavy atom. The molecule has 0 saturated carbocycles. The molecule has 12 heteroatoms. The van der Waals surface area contributed by atoms with Crippen molar-refractivity contribution < 1.29 is 35.9 Å². The summed E-state index contributed by atoms with van der Waals surface area (Å²) in [5, 5.41) is 7.12. The van der Waals surface area contributed by atoms with E-state index in [0.29, 0.717) is 18.8 Å². The molecule has 1 saturated heterocycles. The van der Waals surface area contributed by atoms with Crippen molar-refractivity contribution in [2.24, 2.45) is 0 Å². The zero-order valence-corrected chi connectivity index (χ0v) is 17.8. The number of carboxylic acids is 1. The highest BCUT2D eigenvalue weighted by atomic mass is 32.2. The Kier molecular flexibility index (Phi) is 6.47. The summed E-state index contributed by atoms with van der Waals surface area (Å²) in [6.07, 6.45) is -1.28. The topological polar surface area (TPSA) is 90.8 Å². The monoisotopic (exact) mass is 475 g/mol. The van der Waals surface area contributed by atoms with Crippen LogP contribution in [0, 0.1) is 5.82 Å². The number of carboxylic acid groups (broad SMARTS) is 1. The minimum Gasteiger partial charge on any atom is -0.475 e. The highest BCUT2D eigenvalue weighted by molar-refractivity contribution is 7.92. The zero-order chi connectivity index (χ0) is 23.7. The van der Waals surface area contributed by atoms with Gasteiger partial charge in [-0.05, 0) is 42.8 Å². The largest absolute Gasteiger partial charge is 0.490 e. The predicted molar refractivity (Wildman–Crippen MR) is 108 cm³/mol. The van der Waals surface area contributed by atoms with E-state index >= 15 is 0 Å². The van der Waals surface area contributed by atoms with Gasteiger partial charge in [-0.1, -0.05) is 12.1 Å². The highest BCUT2D eigenvalue weighted by Gasteiger charge is 2.50. The number of fused-ring (bicyclic) bond motifs is 2. The number of anilines is 1. The number of sulfonamides is 1. The molecule has 2 aliphatic heterocycles. The summed E-state index contributed by atoms with van der Waals surface area (Å²) in [6, 6.07) is 10.2. The van der Waals surface area contributed by atoms with Crippen molar-refractivity contribution in [1.29, 1.82) is 0 Å². The van der Waals surface area contributed by atoms with Gasteiger partial charge in [-0.2, -0.15) is 13.2 Å². The van der Waals surface area contributed by atoms with Gasteiger partial charge >= 0.3 is 12.1 Å². The molecule has 1 atom stereocenters. The van der Waals surface area contributed by atoms with Crippen molar-refractivity contribution in [2.75, 3.05) is 30.2 Å². The van der Waals surface area contributed by atoms with Crippen molar-refractivity contribution in [2.45, 2.75) is 24.6 Å². The normalized spacial score (nSPS) is 20.7. The lowest BCUT2D eigenvalue weighted by Gasteiger charge is -2.25. The first kappa shape index (κ1) is 23.9. The molecule has 1 unspecified atom stereocenters. The standard InChI is InChI=1S/C18H20FN3O2S.C2HF3O2/c1-25(23,24)22-13-18(17-16(22)6-3-8-20-17)7-9-21(12-18)11-14-4-2-5-15(19)10-14;3-2(4,5)1(6)7/h2-6,8,10H,7,9,11-13H2,1H3;(H,6,7). The molecule has 32 heavy (non-hydrogen) atoms. The minimum absolute atomic E-state index is 0.234. The van der Waals surface area contributed by atoms with E-state index in [9.17, 15) is 26.0 Å². The van der Waals surface area contributed by atoms with Crippen LogP contribution in [0.2, 0.25) is 0 Å². The molecule has 0 aliphatic carbocycles. The number of benzene rings is 1. The molecule has 1 spiro atoms. The van der Waals surface area contributed by atoms with Crippen LogP contribution in [0.4, 0.5) is 23.2 Å². The second-order valence-electron chi connectivity index (χ2n) is 7.81. The van der Waals surface area contributed by atoms with Crippen molar-refractivity contribution in [3.63, 3.8) is 0 Å². The highest BCUT2D eigenvalue weighted by Crippen LogP contribution is 2.46. The van der Waals surface area contributed by atoms with Crippen LogP contribution in [-0.2, 0) is 26.8 Å². The number of aromatic nitrogens is 1. The Morgan fingerprint density at radius 3 is 2.50 bits per heavy atom. The van der Waals surface area contributed by atoms with Gasteiger partial charge in [0.05, 0.1) is 17.6 Å². The molecular weight excluding hydrogens is 454 g/mol. The molecule has 1 fully saturated rings. The lowest BCUT2D eigenvalue weighted by Crippen LogP contribution is -2.38. The molecule has 174 valence electrons. The van der Waals surface area contributed by atoms with Gasteiger partial charge in [0, 0.05) is 31.2 Å². The van der Waals surface area contributed by atoms with Gasteiger partial charge in [0.2, 0.25) is 10.0 Å². The van der Waals surface area contributed by atoms with E-state index in [0.717, 1.165) is 30.8 Å². The third kappa shape index (κ3) is 5.18. The Morgan fingerprint density at radius 2 is 1.91 bits per heavy atom. The Hall–Kier alpha value is -2.73. The molecule has 1 aromatic heterocycles. The number of hydrogen-bond donors (Lipinski definition) is 1. The van der Waals surface area contributed by atoms with Gasteiger partial charge in [0.25, 0.3) is 0 Å². The molecule has 0 radical (unpaired) electrons. The number of rotatable bonds is 3. The van der Waals surface area contributed by atoms with Crippen LogP contribution in [0.15, 0.2) is 42.6 Å². The fourth-order valence-corrected chi connectivity index (χ4v) is 5.03. The van der Waals surface area contributed by atoms with Gasteiger partial charge in [0.15, 0.2) is 0 Å². The number of carbonyl (C=O) groups is 1. The molecule has 1 aromatic carbocycles. The molecule has 2 aromatic rings. The fraction of sp³-hybridized carbons (Fsp3) is 0.400. The Balaban J connectivity index is 0.000000360. The maximum absolute atomic E-state index is 13.4. The fourth-order valence-electron chi connectivity index (χ4n) is 4.05. The van der Waals surface area contributed by atoms with Crippen LogP contribution in [0.5, 0.6) is 0 Å². The van der Waals surface area contributed by atoms with E-state index in [1.807, 2.05) is 12.1 Å². The van der Waals surface area contributed by atoms with E-state index in [1.54, 1.807) is 24.4 Å². The van der Waals surface area contributed by atoms with Crippen molar-refractivity contribution in [1.82, 2.24) is 9.88 Å². The van der Waals surface area contributed by atoms with Crippen LogP contribution >= 0.6 is 0 Å². The molecule has 3 heterocycles. The molecule has 2 aliphatic rings. The van der Waals surface area contributed by atoms with E-state index in [1.165, 1.54) is 16.6 Å². The first-order chi connectivity index (χ1) is 14.8. The Bertz CT molecular complexity index is 1110. The number of alkyl halides is 3. The van der Waals surface area contributed by atoms with Crippen LogP contribution in [0.3, 0.4) is 0 Å². The van der Waals surface area contributed by atoms with Gasteiger partial charge in [-0.15, -0.1) is 0 Å². The molecule has 7 nitrogen and oxygen atoms in total. The zero-order valence-electron chi connectivity index (χ0n) is 17.0.